The topological polar surface area (TPSA) is 69.6 Å². The number of nitrogens with zero attached hydrogens (tertiary/aromatic N) is 5. The summed E-state index contributed by atoms with van der Waals surface area (Å²) in [6.45, 7) is 15.1. The quantitative estimate of drug-likeness (QED) is 0.336. The SMILES string of the molecule is Cc1cc(N2CC3(CC(C)C3)c3nc(C(=O)N4CCN(c5cc(C)c(C=O)c(C)n5)CC4(C)C)ccc32)ccc1Cl. The Bertz CT molecular complexity index is 1540. The third-order valence-corrected chi connectivity index (χ3v) is 9.73. The molecule has 2 aliphatic heterocycles. The van der Waals surface area contributed by atoms with Crippen molar-refractivity contribution >= 4 is 41.0 Å². The van der Waals surface area contributed by atoms with Crippen LogP contribution in [-0.2, 0) is 5.41 Å². The molecule has 0 bridgehead atoms. The molecule has 2 fully saturated rings. The summed E-state index contributed by atoms with van der Waals surface area (Å²) >= 11 is 6.33. The Labute approximate surface area is 247 Å². The Hall–Kier alpha value is -3.45. The van der Waals surface area contributed by atoms with Crippen molar-refractivity contribution in [2.75, 3.05) is 36.0 Å². The predicted molar refractivity (Wildman–Crippen MR) is 164 cm³/mol. The van der Waals surface area contributed by atoms with Gasteiger partial charge in [0.25, 0.3) is 5.91 Å². The fourth-order valence-corrected chi connectivity index (χ4v) is 7.41. The first kappa shape index (κ1) is 27.7. The van der Waals surface area contributed by atoms with E-state index in [1.54, 1.807) is 0 Å². The molecular formula is C33H38ClN5O2. The summed E-state index contributed by atoms with van der Waals surface area (Å²) in [4.78, 5) is 41.8. The first-order chi connectivity index (χ1) is 19.4. The van der Waals surface area contributed by atoms with Crippen molar-refractivity contribution < 1.29 is 9.59 Å². The summed E-state index contributed by atoms with van der Waals surface area (Å²) in [5.74, 6) is 1.46. The molecule has 1 amide bonds. The molecule has 41 heavy (non-hydrogen) atoms. The zero-order chi connectivity index (χ0) is 29.3. The molecule has 4 heterocycles. The van der Waals surface area contributed by atoms with Crippen molar-refractivity contribution in [3.63, 3.8) is 0 Å². The van der Waals surface area contributed by atoms with Gasteiger partial charge in [-0.3, -0.25) is 9.59 Å². The second kappa shape index (κ2) is 9.83. The predicted octanol–water partition coefficient (Wildman–Crippen LogP) is 6.43. The lowest BCUT2D eigenvalue weighted by Gasteiger charge is -2.47. The Morgan fingerprint density at radius 3 is 2.39 bits per heavy atom. The van der Waals surface area contributed by atoms with Gasteiger partial charge in [0.15, 0.2) is 6.29 Å². The molecule has 1 saturated carbocycles. The summed E-state index contributed by atoms with van der Waals surface area (Å²) < 4.78 is 0. The van der Waals surface area contributed by atoms with Crippen LogP contribution in [0.1, 0.15) is 77.0 Å². The molecule has 3 aromatic rings. The third kappa shape index (κ3) is 4.58. The molecular weight excluding hydrogens is 534 g/mol. The number of aldehydes is 1. The van der Waals surface area contributed by atoms with Gasteiger partial charge in [0, 0.05) is 47.9 Å². The van der Waals surface area contributed by atoms with Crippen LogP contribution in [0.5, 0.6) is 0 Å². The van der Waals surface area contributed by atoms with Gasteiger partial charge in [0.05, 0.1) is 22.6 Å². The lowest BCUT2D eigenvalue weighted by molar-refractivity contribution is 0.0506. The van der Waals surface area contributed by atoms with E-state index in [1.807, 2.05) is 43.9 Å². The number of fused-ring (bicyclic) bond motifs is 2. The van der Waals surface area contributed by atoms with Crippen LogP contribution in [0.2, 0.25) is 5.02 Å². The molecule has 1 aromatic carbocycles. The fourth-order valence-electron chi connectivity index (χ4n) is 7.29. The van der Waals surface area contributed by atoms with Crippen LogP contribution in [0.15, 0.2) is 36.4 Å². The molecule has 0 radical (unpaired) electrons. The molecule has 1 aliphatic carbocycles. The number of carbonyl (C=O) groups excluding carboxylic acids is 2. The number of aromatic nitrogens is 2. The molecule has 0 atom stereocenters. The second-order valence-electron chi connectivity index (χ2n) is 13.0. The molecule has 0 N–H and O–H groups in total. The first-order valence-electron chi connectivity index (χ1n) is 14.5. The van der Waals surface area contributed by atoms with Crippen LogP contribution in [-0.4, -0.2) is 58.8 Å². The second-order valence-corrected chi connectivity index (χ2v) is 13.4. The lowest BCUT2D eigenvalue weighted by atomic mass is 9.61. The van der Waals surface area contributed by atoms with E-state index in [2.05, 4.69) is 48.8 Å². The molecule has 3 aliphatic rings. The van der Waals surface area contributed by atoms with Gasteiger partial charge in [-0.05, 0) is 101 Å². The van der Waals surface area contributed by atoms with Crippen LogP contribution in [0.3, 0.4) is 0 Å². The number of aryl methyl sites for hydroxylation is 3. The van der Waals surface area contributed by atoms with Crippen LogP contribution in [0.25, 0.3) is 0 Å². The molecule has 7 nitrogen and oxygen atoms in total. The zero-order valence-corrected chi connectivity index (χ0v) is 25.5. The van der Waals surface area contributed by atoms with E-state index in [9.17, 15) is 9.59 Å². The molecule has 8 heteroatoms. The number of piperazine rings is 1. The summed E-state index contributed by atoms with van der Waals surface area (Å²) in [6, 6.07) is 12.1. The number of amides is 1. The van der Waals surface area contributed by atoms with Gasteiger partial charge in [-0.25, -0.2) is 9.97 Å². The summed E-state index contributed by atoms with van der Waals surface area (Å²) in [7, 11) is 0. The smallest absolute Gasteiger partial charge is 0.273 e. The highest BCUT2D eigenvalue weighted by Crippen LogP contribution is 2.56. The van der Waals surface area contributed by atoms with Gasteiger partial charge < -0.3 is 14.7 Å². The average molecular weight is 572 g/mol. The normalized spacial score (nSPS) is 23.0. The number of hydrogen-bond acceptors (Lipinski definition) is 6. The number of hydrogen-bond donors (Lipinski definition) is 0. The van der Waals surface area contributed by atoms with E-state index in [1.165, 1.54) is 0 Å². The van der Waals surface area contributed by atoms with Crippen LogP contribution < -0.4 is 9.80 Å². The zero-order valence-electron chi connectivity index (χ0n) is 24.8. The van der Waals surface area contributed by atoms with E-state index < -0.39 is 5.54 Å². The minimum absolute atomic E-state index is 0.0259. The highest BCUT2D eigenvalue weighted by molar-refractivity contribution is 6.31. The van der Waals surface area contributed by atoms with Crippen molar-refractivity contribution in [1.82, 2.24) is 14.9 Å². The molecule has 6 rings (SSSR count). The highest BCUT2D eigenvalue weighted by atomic mass is 35.5. The molecule has 2 aromatic heterocycles. The van der Waals surface area contributed by atoms with Gasteiger partial charge in [-0.1, -0.05) is 18.5 Å². The lowest BCUT2D eigenvalue weighted by Crippen LogP contribution is -2.61. The van der Waals surface area contributed by atoms with E-state index >= 15 is 0 Å². The van der Waals surface area contributed by atoms with E-state index in [-0.39, 0.29) is 11.3 Å². The third-order valence-electron chi connectivity index (χ3n) is 9.31. The van der Waals surface area contributed by atoms with Crippen LogP contribution in [0.4, 0.5) is 17.2 Å². The fraction of sp³-hybridized carbons (Fsp3) is 0.455. The molecule has 214 valence electrons. The van der Waals surface area contributed by atoms with Gasteiger partial charge in [0.1, 0.15) is 11.5 Å². The Balaban J connectivity index is 1.28. The first-order valence-corrected chi connectivity index (χ1v) is 14.9. The number of halogens is 1. The molecule has 0 unspecified atom stereocenters. The van der Waals surface area contributed by atoms with E-state index in [4.69, 9.17) is 21.6 Å². The van der Waals surface area contributed by atoms with Gasteiger partial charge >= 0.3 is 0 Å². The van der Waals surface area contributed by atoms with E-state index in [0.717, 1.165) is 70.4 Å². The van der Waals surface area contributed by atoms with Gasteiger partial charge in [0.2, 0.25) is 0 Å². The Kier molecular flexibility index (Phi) is 6.64. The maximum absolute atomic E-state index is 14.0. The standard InChI is InChI=1S/C33H38ClN5O2/c1-20-15-33(16-20)19-38(24-7-8-26(34)22(3)13-24)28-10-9-27(36-30(28)33)31(41)39-12-11-37(18-32(39,5)6)29-14-21(2)25(17-40)23(4)35-29/h7-10,13-14,17,20H,11-12,15-16,18-19H2,1-6H3. The minimum atomic E-state index is -0.432. The minimum Gasteiger partial charge on any atom is -0.352 e. The number of rotatable bonds is 4. The number of benzene rings is 1. The Morgan fingerprint density at radius 2 is 1.76 bits per heavy atom. The molecule has 1 saturated heterocycles. The monoisotopic (exact) mass is 571 g/mol. The highest BCUT2D eigenvalue weighted by Gasteiger charge is 2.52. The van der Waals surface area contributed by atoms with Crippen LogP contribution >= 0.6 is 11.6 Å². The van der Waals surface area contributed by atoms with Crippen molar-refractivity contribution in [2.24, 2.45) is 5.92 Å². The van der Waals surface area contributed by atoms with Crippen molar-refractivity contribution in [3.05, 3.63) is 75.2 Å². The average Bonchev–Trinajstić information content (AvgIpc) is 3.23. The number of anilines is 3. The van der Waals surface area contributed by atoms with Crippen molar-refractivity contribution in [1.29, 1.82) is 0 Å². The van der Waals surface area contributed by atoms with Crippen LogP contribution in [0, 0.1) is 26.7 Å². The van der Waals surface area contributed by atoms with Crippen molar-refractivity contribution in [2.45, 2.75) is 65.3 Å². The Morgan fingerprint density at radius 1 is 1.00 bits per heavy atom. The maximum Gasteiger partial charge on any atom is 0.273 e. The van der Waals surface area contributed by atoms with Gasteiger partial charge in [-0.15, -0.1) is 0 Å². The van der Waals surface area contributed by atoms with Gasteiger partial charge in [-0.2, -0.15) is 0 Å². The summed E-state index contributed by atoms with van der Waals surface area (Å²) in [5, 5.41) is 0.765. The van der Waals surface area contributed by atoms with E-state index in [0.29, 0.717) is 36.8 Å². The maximum atomic E-state index is 14.0. The van der Waals surface area contributed by atoms with Crippen molar-refractivity contribution in [3.8, 4) is 0 Å². The summed E-state index contributed by atoms with van der Waals surface area (Å²) in [6.07, 6.45) is 3.02. The number of carbonyl (C=O) groups is 2. The largest absolute Gasteiger partial charge is 0.352 e. The number of pyridine rings is 2. The summed E-state index contributed by atoms with van der Waals surface area (Å²) in [5.41, 5.74) is 6.66. The molecule has 1 spiro atoms.